The summed E-state index contributed by atoms with van der Waals surface area (Å²) in [5.41, 5.74) is 0.988. The van der Waals surface area contributed by atoms with Crippen LogP contribution in [0.3, 0.4) is 0 Å². The third kappa shape index (κ3) is 3.60. The third-order valence-corrected chi connectivity index (χ3v) is 5.15. The number of carbonyl (C=O) groups excluding carboxylic acids is 3. The standard InChI is InChI=1S/C21H21ClN2O3/c1-13(2)14-4-6-15(7-5-14)18(25)12-24-19(26)21(3,23-20(24)27)16-8-10-17(22)11-9-16/h4-11,13H,12H2,1-3H3,(H,23,27). The largest absolute Gasteiger partial charge is 0.325 e. The van der Waals surface area contributed by atoms with Gasteiger partial charge >= 0.3 is 6.03 Å². The number of nitrogens with zero attached hydrogens (tertiary/aromatic N) is 1. The Bertz CT molecular complexity index is 891. The zero-order valence-electron chi connectivity index (χ0n) is 15.5. The molecule has 1 aliphatic heterocycles. The van der Waals surface area contributed by atoms with E-state index in [1.807, 2.05) is 12.1 Å². The molecule has 1 fully saturated rings. The molecule has 3 amide bonds. The van der Waals surface area contributed by atoms with Crippen LogP contribution in [0.2, 0.25) is 5.02 Å². The number of benzene rings is 2. The second-order valence-electron chi connectivity index (χ2n) is 7.15. The van der Waals surface area contributed by atoms with Crippen molar-refractivity contribution >= 4 is 29.3 Å². The lowest BCUT2D eigenvalue weighted by Crippen LogP contribution is -2.41. The van der Waals surface area contributed by atoms with Crippen molar-refractivity contribution in [3.63, 3.8) is 0 Å². The molecule has 3 rings (SSSR count). The number of carbonyl (C=O) groups is 3. The van der Waals surface area contributed by atoms with Crippen molar-refractivity contribution in [2.24, 2.45) is 0 Å². The quantitative estimate of drug-likeness (QED) is 0.623. The van der Waals surface area contributed by atoms with E-state index in [0.717, 1.165) is 10.5 Å². The maximum absolute atomic E-state index is 12.9. The minimum atomic E-state index is -1.22. The Morgan fingerprint density at radius 2 is 1.67 bits per heavy atom. The van der Waals surface area contributed by atoms with Crippen molar-refractivity contribution in [2.75, 3.05) is 6.54 Å². The number of ketones is 1. The van der Waals surface area contributed by atoms with Crippen LogP contribution < -0.4 is 5.32 Å². The Labute approximate surface area is 163 Å². The van der Waals surface area contributed by atoms with Gasteiger partial charge in [0, 0.05) is 10.6 Å². The number of hydrogen-bond donors (Lipinski definition) is 1. The molecule has 2 aromatic rings. The molecular formula is C21H21ClN2O3. The van der Waals surface area contributed by atoms with Crippen LogP contribution in [0.25, 0.3) is 0 Å². The molecule has 1 N–H and O–H groups in total. The summed E-state index contributed by atoms with van der Waals surface area (Å²) in [7, 11) is 0. The highest BCUT2D eigenvalue weighted by molar-refractivity contribution is 6.30. The molecule has 0 saturated carbocycles. The molecule has 1 atom stereocenters. The SMILES string of the molecule is CC(C)c1ccc(C(=O)CN2C(=O)NC(C)(c3ccc(Cl)cc3)C2=O)cc1. The fraction of sp³-hybridized carbons (Fsp3) is 0.286. The predicted molar refractivity (Wildman–Crippen MR) is 104 cm³/mol. The minimum Gasteiger partial charge on any atom is -0.319 e. The van der Waals surface area contributed by atoms with Crippen molar-refractivity contribution in [3.05, 3.63) is 70.2 Å². The number of hydrogen-bond acceptors (Lipinski definition) is 3. The molecule has 27 heavy (non-hydrogen) atoms. The van der Waals surface area contributed by atoms with E-state index in [4.69, 9.17) is 11.6 Å². The van der Waals surface area contributed by atoms with E-state index in [-0.39, 0.29) is 12.3 Å². The molecule has 0 spiro atoms. The number of nitrogens with one attached hydrogen (secondary N) is 1. The summed E-state index contributed by atoms with van der Waals surface area (Å²) in [6.45, 7) is 5.47. The Balaban J connectivity index is 1.79. The van der Waals surface area contributed by atoms with E-state index in [1.54, 1.807) is 43.3 Å². The van der Waals surface area contributed by atoms with Crippen molar-refractivity contribution < 1.29 is 14.4 Å². The molecule has 1 heterocycles. The van der Waals surface area contributed by atoms with Crippen LogP contribution in [0.4, 0.5) is 4.79 Å². The zero-order valence-corrected chi connectivity index (χ0v) is 16.2. The first-order valence-electron chi connectivity index (χ1n) is 8.75. The fourth-order valence-electron chi connectivity index (χ4n) is 3.11. The maximum atomic E-state index is 12.9. The number of halogens is 1. The average molecular weight is 385 g/mol. The molecule has 0 bridgehead atoms. The summed E-state index contributed by atoms with van der Waals surface area (Å²) in [6, 6.07) is 13.4. The van der Waals surface area contributed by atoms with E-state index in [1.165, 1.54) is 0 Å². The minimum absolute atomic E-state index is 0.283. The van der Waals surface area contributed by atoms with Crippen LogP contribution >= 0.6 is 11.6 Å². The smallest absolute Gasteiger partial charge is 0.319 e. The second kappa shape index (κ2) is 7.16. The summed E-state index contributed by atoms with van der Waals surface area (Å²) in [4.78, 5) is 38.8. The average Bonchev–Trinajstić information content (AvgIpc) is 2.86. The molecule has 5 nitrogen and oxygen atoms in total. The summed E-state index contributed by atoms with van der Waals surface area (Å²) in [5.74, 6) is -0.378. The first-order valence-corrected chi connectivity index (χ1v) is 9.13. The normalized spacial score (nSPS) is 19.5. The molecule has 6 heteroatoms. The molecule has 0 radical (unpaired) electrons. The van der Waals surface area contributed by atoms with E-state index in [9.17, 15) is 14.4 Å². The monoisotopic (exact) mass is 384 g/mol. The van der Waals surface area contributed by atoms with Crippen LogP contribution in [0.5, 0.6) is 0 Å². The number of amides is 3. The van der Waals surface area contributed by atoms with E-state index < -0.39 is 17.5 Å². The molecule has 140 valence electrons. The maximum Gasteiger partial charge on any atom is 0.325 e. The summed E-state index contributed by atoms with van der Waals surface area (Å²) in [6.07, 6.45) is 0. The van der Waals surface area contributed by atoms with Crippen LogP contribution in [-0.2, 0) is 10.3 Å². The Morgan fingerprint density at radius 3 is 2.22 bits per heavy atom. The number of Topliss-reactive ketones (excluding diaryl/α,β-unsaturated/α-hetero) is 1. The van der Waals surface area contributed by atoms with E-state index in [0.29, 0.717) is 22.1 Å². The molecular weight excluding hydrogens is 364 g/mol. The van der Waals surface area contributed by atoms with Crippen molar-refractivity contribution in [1.29, 1.82) is 0 Å². The Hall–Kier alpha value is -2.66. The number of urea groups is 1. The highest BCUT2D eigenvalue weighted by Crippen LogP contribution is 2.29. The van der Waals surface area contributed by atoms with Crippen molar-refractivity contribution in [1.82, 2.24) is 10.2 Å². The molecule has 1 saturated heterocycles. The fourth-order valence-corrected chi connectivity index (χ4v) is 3.23. The summed E-state index contributed by atoms with van der Waals surface area (Å²) >= 11 is 5.90. The van der Waals surface area contributed by atoms with Crippen molar-refractivity contribution in [3.8, 4) is 0 Å². The van der Waals surface area contributed by atoms with Gasteiger partial charge in [0.05, 0.1) is 6.54 Å². The lowest BCUT2D eigenvalue weighted by atomic mass is 9.92. The van der Waals surface area contributed by atoms with Crippen LogP contribution in [0.1, 0.15) is 48.2 Å². The molecule has 1 aliphatic rings. The van der Waals surface area contributed by atoms with Gasteiger partial charge in [-0.2, -0.15) is 0 Å². The van der Waals surface area contributed by atoms with Gasteiger partial charge in [0.2, 0.25) is 0 Å². The van der Waals surface area contributed by atoms with Gasteiger partial charge in [0.15, 0.2) is 5.78 Å². The highest BCUT2D eigenvalue weighted by Gasteiger charge is 2.49. The molecule has 0 aromatic heterocycles. The van der Waals surface area contributed by atoms with Gasteiger partial charge in [-0.05, 0) is 36.1 Å². The third-order valence-electron chi connectivity index (χ3n) is 4.90. The number of rotatable bonds is 5. The first-order chi connectivity index (χ1) is 12.7. The van der Waals surface area contributed by atoms with Gasteiger partial charge in [-0.3, -0.25) is 14.5 Å². The van der Waals surface area contributed by atoms with Gasteiger partial charge in [-0.15, -0.1) is 0 Å². The lowest BCUT2D eigenvalue weighted by Gasteiger charge is -2.22. The van der Waals surface area contributed by atoms with E-state index in [2.05, 4.69) is 19.2 Å². The number of imide groups is 1. The Kier molecular flexibility index (Phi) is 5.07. The van der Waals surface area contributed by atoms with Gasteiger partial charge in [0.25, 0.3) is 5.91 Å². The first kappa shape index (κ1) is 19.1. The summed E-state index contributed by atoms with van der Waals surface area (Å²) < 4.78 is 0. The summed E-state index contributed by atoms with van der Waals surface area (Å²) in [5, 5.41) is 3.23. The van der Waals surface area contributed by atoms with Gasteiger partial charge in [0.1, 0.15) is 5.54 Å². The predicted octanol–water partition coefficient (Wildman–Crippen LogP) is 4.11. The van der Waals surface area contributed by atoms with Gasteiger partial charge in [-0.25, -0.2) is 4.79 Å². The van der Waals surface area contributed by atoms with Crippen LogP contribution in [0, 0.1) is 0 Å². The Morgan fingerprint density at radius 1 is 1.07 bits per heavy atom. The van der Waals surface area contributed by atoms with Crippen LogP contribution in [0.15, 0.2) is 48.5 Å². The van der Waals surface area contributed by atoms with E-state index >= 15 is 0 Å². The highest BCUT2D eigenvalue weighted by atomic mass is 35.5. The molecule has 1 unspecified atom stereocenters. The lowest BCUT2D eigenvalue weighted by molar-refractivity contribution is -0.130. The van der Waals surface area contributed by atoms with Gasteiger partial charge < -0.3 is 5.32 Å². The zero-order chi connectivity index (χ0) is 19.8. The molecule has 0 aliphatic carbocycles. The topological polar surface area (TPSA) is 66.5 Å². The second-order valence-corrected chi connectivity index (χ2v) is 7.59. The van der Waals surface area contributed by atoms with Crippen LogP contribution in [-0.4, -0.2) is 29.2 Å². The van der Waals surface area contributed by atoms with Gasteiger partial charge in [-0.1, -0.05) is 61.8 Å². The molecule has 2 aromatic carbocycles. The van der Waals surface area contributed by atoms with Crippen molar-refractivity contribution in [2.45, 2.75) is 32.2 Å².